The highest BCUT2D eigenvalue weighted by molar-refractivity contribution is 7.92. The van der Waals surface area contributed by atoms with Crippen molar-refractivity contribution in [3.05, 3.63) is 105 Å². The topological polar surface area (TPSA) is 151 Å². The number of hydrogen-bond acceptors (Lipinski definition) is 8. The van der Waals surface area contributed by atoms with Gasteiger partial charge in [-0.1, -0.05) is 17.7 Å². The summed E-state index contributed by atoms with van der Waals surface area (Å²) in [6.07, 6.45) is -0.866. The van der Waals surface area contributed by atoms with Crippen LogP contribution in [0.25, 0.3) is 38.9 Å². The van der Waals surface area contributed by atoms with E-state index in [4.69, 9.17) is 22.3 Å². The molecule has 0 fully saturated rings. The number of benzene rings is 3. The predicted octanol–water partition coefficient (Wildman–Crippen LogP) is 5.21. The van der Waals surface area contributed by atoms with Gasteiger partial charge in [-0.25, -0.2) is 40.9 Å². The highest BCUT2D eigenvalue weighted by atomic mass is 35.5. The number of rotatable bonds is 8. The standard InChI is InChI=1S/C30H23ClF4N8O3S/c1-42-25-23(6-5-19(31)24(25)28(40-42)41-47(2,45)46)43-29(20(36)11-14-9-16(32)13-17(33)10-14)39-22-12-15(3-4-18(22)30(43)44)27-37-8-7-21(38-27)26(34)35/h3-10,12-13,20,26H,11,36H2,1-2H3,(H,40,41)/t20-/m1/s1. The van der Waals surface area contributed by atoms with Crippen molar-refractivity contribution < 1.29 is 26.0 Å². The second kappa shape index (κ2) is 12.0. The van der Waals surface area contributed by atoms with Crippen molar-refractivity contribution in [2.24, 2.45) is 12.8 Å². The van der Waals surface area contributed by atoms with Crippen molar-refractivity contribution in [3.63, 3.8) is 0 Å². The van der Waals surface area contributed by atoms with Crippen molar-refractivity contribution in [1.29, 1.82) is 0 Å². The largest absolute Gasteiger partial charge is 0.321 e. The molecule has 0 aliphatic heterocycles. The number of nitrogens with one attached hydrogen (secondary N) is 1. The summed E-state index contributed by atoms with van der Waals surface area (Å²) in [4.78, 5) is 27.0. The lowest BCUT2D eigenvalue weighted by Gasteiger charge is -2.20. The number of aromatic nitrogens is 6. The number of nitrogens with two attached hydrogens (primary N) is 1. The molecule has 47 heavy (non-hydrogen) atoms. The van der Waals surface area contributed by atoms with Gasteiger partial charge in [-0.15, -0.1) is 0 Å². The molecule has 6 aromatic rings. The molecule has 0 amide bonds. The maximum absolute atomic E-state index is 14.3. The van der Waals surface area contributed by atoms with E-state index in [9.17, 15) is 30.8 Å². The summed E-state index contributed by atoms with van der Waals surface area (Å²) >= 11 is 6.50. The van der Waals surface area contributed by atoms with Gasteiger partial charge in [0.1, 0.15) is 23.2 Å². The highest BCUT2D eigenvalue weighted by Gasteiger charge is 2.25. The zero-order valence-electron chi connectivity index (χ0n) is 24.4. The molecule has 242 valence electrons. The van der Waals surface area contributed by atoms with Gasteiger partial charge in [0.15, 0.2) is 11.6 Å². The van der Waals surface area contributed by atoms with E-state index in [1.165, 1.54) is 52.8 Å². The molecule has 3 heterocycles. The third kappa shape index (κ3) is 6.26. The van der Waals surface area contributed by atoms with E-state index in [2.05, 4.69) is 19.8 Å². The molecule has 3 aromatic heterocycles. The summed E-state index contributed by atoms with van der Waals surface area (Å²) < 4.78 is 83.8. The molecule has 11 nitrogen and oxygen atoms in total. The zero-order valence-corrected chi connectivity index (χ0v) is 26.0. The first-order chi connectivity index (χ1) is 22.2. The van der Waals surface area contributed by atoms with Crippen molar-refractivity contribution in [1.82, 2.24) is 29.3 Å². The van der Waals surface area contributed by atoms with E-state index in [1.54, 1.807) is 0 Å². The molecule has 6 rings (SSSR count). The van der Waals surface area contributed by atoms with Crippen molar-refractivity contribution >= 4 is 49.2 Å². The molecule has 17 heteroatoms. The minimum absolute atomic E-state index is 0.0306. The van der Waals surface area contributed by atoms with Crippen LogP contribution in [0.5, 0.6) is 0 Å². The Morgan fingerprint density at radius 1 is 1.02 bits per heavy atom. The van der Waals surface area contributed by atoms with Crippen LogP contribution in [0.15, 0.2) is 65.6 Å². The Labute approximate surface area is 268 Å². The Morgan fingerprint density at radius 2 is 1.74 bits per heavy atom. The Bertz CT molecular complexity index is 2360. The number of aryl methyl sites for hydroxylation is 1. The lowest BCUT2D eigenvalue weighted by Crippen LogP contribution is -2.30. The van der Waals surface area contributed by atoms with E-state index in [0.717, 1.165) is 24.5 Å². The van der Waals surface area contributed by atoms with Crippen LogP contribution in [0.2, 0.25) is 5.02 Å². The fourth-order valence-electron chi connectivity index (χ4n) is 5.32. The van der Waals surface area contributed by atoms with Crippen LogP contribution in [-0.4, -0.2) is 44.0 Å². The Hall–Kier alpha value is -4.93. The predicted molar refractivity (Wildman–Crippen MR) is 168 cm³/mol. The summed E-state index contributed by atoms with van der Waals surface area (Å²) in [5.74, 6) is -1.82. The monoisotopic (exact) mass is 686 g/mol. The van der Waals surface area contributed by atoms with Crippen LogP contribution in [0.4, 0.5) is 23.4 Å². The second-order valence-electron chi connectivity index (χ2n) is 10.7. The molecule has 0 aliphatic carbocycles. The van der Waals surface area contributed by atoms with E-state index in [1.807, 2.05) is 0 Å². The number of halogens is 5. The summed E-state index contributed by atoms with van der Waals surface area (Å²) in [6.45, 7) is 0. The van der Waals surface area contributed by atoms with Gasteiger partial charge < -0.3 is 5.73 Å². The average molecular weight is 687 g/mol. The number of alkyl halides is 2. The Balaban J connectivity index is 1.62. The maximum Gasteiger partial charge on any atom is 0.280 e. The minimum Gasteiger partial charge on any atom is -0.321 e. The Kier molecular flexibility index (Phi) is 8.19. The molecular weight excluding hydrogens is 664 g/mol. The van der Waals surface area contributed by atoms with Crippen LogP contribution in [0.3, 0.4) is 0 Å². The molecule has 0 saturated carbocycles. The van der Waals surface area contributed by atoms with E-state index < -0.39 is 45.4 Å². The van der Waals surface area contributed by atoms with Crippen LogP contribution < -0.4 is 16.0 Å². The molecule has 0 bridgehead atoms. The van der Waals surface area contributed by atoms with Crippen molar-refractivity contribution in [2.75, 3.05) is 11.0 Å². The van der Waals surface area contributed by atoms with Gasteiger partial charge in [0.05, 0.1) is 44.8 Å². The van der Waals surface area contributed by atoms with Gasteiger partial charge >= 0.3 is 0 Å². The summed E-state index contributed by atoms with van der Waals surface area (Å²) in [7, 11) is -2.26. The molecule has 0 saturated heterocycles. The third-order valence-electron chi connectivity index (χ3n) is 7.20. The normalized spacial score (nSPS) is 12.7. The van der Waals surface area contributed by atoms with Crippen LogP contribution >= 0.6 is 11.6 Å². The molecule has 0 unspecified atom stereocenters. The lowest BCUT2D eigenvalue weighted by molar-refractivity contribution is 0.146. The second-order valence-corrected chi connectivity index (χ2v) is 12.8. The summed E-state index contributed by atoms with van der Waals surface area (Å²) in [5.41, 5.74) is 6.50. The fourth-order valence-corrected chi connectivity index (χ4v) is 6.05. The van der Waals surface area contributed by atoms with Crippen LogP contribution in [0, 0.1) is 11.6 Å². The molecule has 0 radical (unpaired) electrons. The summed E-state index contributed by atoms with van der Waals surface area (Å²) in [5, 5.41) is 4.66. The quantitative estimate of drug-likeness (QED) is 0.207. The molecule has 0 spiro atoms. The smallest absolute Gasteiger partial charge is 0.280 e. The summed E-state index contributed by atoms with van der Waals surface area (Å²) in [6, 6.07) is 10.2. The van der Waals surface area contributed by atoms with Crippen molar-refractivity contribution in [2.45, 2.75) is 18.9 Å². The van der Waals surface area contributed by atoms with Crippen LogP contribution in [0.1, 0.15) is 29.5 Å². The van der Waals surface area contributed by atoms with Gasteiger partial charge in [0, 0.05) is 24.9 Å². The molecule has 0 aliphatic rings. The molecule has 3 N–H and O–H groups in total. The highest BCUT2D eigenvalue weighted by Crippen LogP contribution is 2.35. The average Bonchev–Trinajstić information content (AvgIpc) is 3.31. The number of nitrogens with zero attached hydrogens (tertiary/aromatic N) is 6. The van der Waals surface area contributed by atoms with E-state index in [0.29, 0.717) is 6.07 Å². The van der Waals surface area contributed by atoms with Gasteiger partial charge in [0.2, 0.25) is 10.0 Å². The van der Waals surface area contributed by atoms with Gasteiger partial charge in [0.25, 0.3) is 12.0 Å². The fraction of sp³-hybridized carbons (Fsp3) is 0.167. The lowest BCUT2D eigenvalue weighted by atomic mass is 10.0. The van der Waals surface area contributed by atoms with Gasteiger partial charge in [-0.05, 0) is 54.4 Å². The molecule has 1 atom stereocenters. The van der Waals surface area contributed by atoms with Crippen molar-refractivity contribution in [3.8, 4) is 17.1 Å². The number of anilines is 1. The minimum atomic E-state index is -3.78. The number of hydrogen-bond donors (Lipinski definition) is 2. The third-order valence-corrected chi connectivity index (χ3v) is 8.08. The first-order valence-electron chi connectivity index (χ1n) is 13.7. The van der Waals surface area contributed by atoms with E-state index >= 15 is 0 Å². The van der Waals surface area contributed by atoms with E-state index in [-0.39, 0.29) is 67.5 Å². The first-order valence-corrected chi connectivity index (χ1v) is 16.0. The van der Waals surface area contributed by atoms with Gasteiger partial charge in [-0.2, -0.15) is 5.10 Å². The maximum atomic E-state index is 14.3. The Morgan fingerprint density at radius 3 is 2.43 bits per heavy atom. The van der Waals surface area contributed by atoms with Crippen LogP contribution in [-0.2, 0) is 23.5 Å². The number of fused-ring (bicyclic) bond motifs is 2. The zero-order chi connectivity index (χ0) is 33.8. The first kappa shape index (κ1) is 32.0. The SMILES string of the molecule is Cn1nc(NS(C)(=O)=O)c2c(Cl)ccc(-n3c([C@H](N)Cc4cc(F)cc(F)c4)nc4cc(-c5nccc(C(F)F)n5)ccc4c3=O)c21. The number of sulfonamides is 1. The molecular formula is C30H23ClF4N8O3S. The van der Waals surface area contributed by atoms with Gasteiger partial charge in [-0.3, -0.25) is 18.8 Å². The molecule has 3 aromatic carbocycles.